The van der Waals surface area contributed by atoms with Gasteiger partial charge in [-0.05, 0) is 46.8 Å². The van der Waals surface area contributed by atoms with Gasteiger partial charge in [0.1, 0.15) is 23.8 Å². The van der Waals surface area contributed by atoms with Crippen molar-refractivity contribution in [2.24, 2.45) is 0 Å². The number of anilines is 4. The second kappa shape index (κ2) is 9.11. The van der Waals surface area contributed by atoms with E-state index in [0.717, 1.165) is 5.56 Å². The fourth-order valence-electron chi connectivity index (χ4n) is 3.40. The minimum absolute atomic E-state index is 0.129. The van der Waals surface area contributed by atoms with E-state index in [9.17, 15) is 30.8 Å². The molecule has 2 aromatic carbocycles. The minimum Gasteiger partial charge on any atom is -0.345 e. The normalized spacial score (nSPS) is 13.6. The number of hydroxylamine groups is 1. The van der Waals surface area contributed by atoms with Crippen LogP contribution in [0, 0.1) is 5.82 Å². The van der Waals surface area contributed by atoms with Crippen LogP contribution < -0.4 is 10.2 Å². The Morgan fingerprint density at radius 2 is 1.91 bits per heavy atom. The quantitative estimate of drug-likeness (QED) is 0.395. The maximum Gasteiger partial charge on any atom is 0.492 e. The Labute approximate surface area is 197 Å². The van der Waals surface area contributed by atoms with E-state index >= 15 is 0 Å². The van der Waals surface area contributed by atoms with Crippen LogP contribution in [0.25, 0.3) is 0 Å². The number of halogens is 4. The molecule has 0 aliphatic carbocycles. The number of rotatable bonds is 6. The first-order valence-corrected chi connectivity index (χ1v) is 11.4. The first-order valence-electron chi connectivity index (χ1n) is 9.98. The summed E-state index contributed by atoms with van der Waals surface area (Å²) < 4.78 is 76.2. The highest BCUT2D eigenvalue weighted by Crippen LogP contribution is 2.36. The molecular formula is C21H17F4N5O4S. The maximum absolute atomic E-state index is 13.5. The molecule has 184 valence electrons. The summed E-state index contributed by atoms with van der Waals surface area (Å²) in [4.78, 5) is 24.7. The summed E-state index contributed by atoms with van der Waals surface area (Å²) in [5.41, 5.74) is 1.69. The third-order valence-electron chi connectivity index (χ3n) is 5.06. The average molecular weight is 511 g/mol. The molecule has 3 aromatic rings. The van der Waals surface area contributed by atoms with E-state index in [2.05, 4.69) is 20.1 Å². The Hall–Kier alpha value is -3.78. The number of carbonyl (C=O) groups excluding carboxylic acids is 1. The first-order chi connectivity index (χ1) is 16.4. The van der Waals surface area contributed by atoms with Crippen molar-refractivity contribution >= 4 is 39.0 Å². The van der Waals surface area contributed by atoms with Gasteiger partial charge in [-0.2, -0.15) is 13.2 Å². The molecule has 1 aliphatic heterocycles. The standard InChI is InChI=1S/C21H17F4N5O4S/c1-29(34-20(31)21(23,24)25)35(32,33)16-6-5-13-7-8-30(17(13)10-16)19-11-18(26-12-27-19)28-15-4-2-3-14(22)9-15/h2-6,9-12H,7-8H2,1H3,(H,26,27,28). The Balaban J connectivity index is 1.60. The highest BCUT2D eigenvalue weighted by atomic mass is 32.2. The van der Waals surface area contributed by atoms with E-state index in [0.29, 0.717) is 43.0 Å². The average Bonchev–Trinajstić information content (AvgIpc) is 3.22. The van der Waals surface area contributed by atoms with Gasteiger partial charge in [0.25, 0.3) is 10.0 Å². The van der Waals surface area contributed by atoms with E-state index < -0.39 is 28.0 Å². The number of hydrogen-bond donors (Lipinski definition) is 1. The predicted molar refractivity (Wildman–Crippen MR) is 116 cm³/mol. The summed E-state index contributed by atoms with van der Waals surface area (Å²) in [5.74, 6) is -2.33. The molecule has 0 radical (unpaired) electrons. The molecule has 0 amide bonds. The van der Waals surface area contributed by atoms with Crippen molar-refractivity contribution in [3.05, 3.63) is 66.2 Å². The lowest BCUT2D eigenvalue weighted by molar-refractivity contribution is -0.219. The van der Waals surface area contributed by atoms with Crippen molar-refractivity contribution in [2.45, 2.75) is 17.5 Å². The first kappa shape index (κ1) is 24.3. The zero-order valence-electron chi connectivity index (χ0n) is 18.0. The minimum atomic E-state index is -5.36. The summed E-state index contributed by atoms with van der Waals surface area (Å²) in [6.07, 6.45) is -3.53. The summed E-state index contributed by atoms with van der Waals surface area (Å²) in [6.45, 7) is 0.439. The Kier molecular flexibility index (Phi) is 6.34. The number of hydrogen-bond acceptors (Lipinski definition) is 8. The third kappa shape index (κ3) is 5.17. The van der Waals surface area contributed by atoms with Crippen LogP contribution in [0.2, 0.25) is 0 Å². The molecule has 1 aliphatic rings. The smallest absolute Gasteiger partial charge is 0.345 e. The van der Waals surface area contributed by atoms with Gasteiger partial charge >= 0.3 is 12.1 Å². The molecule has 0 saturated heterocycles. The lowest BCUT2D eigenvalue weighted by Crippen LogP contribution is -2.36. The molecule has 0 saturated carbocycles. The molecule has 0 atom stereocenters. The number of benzene rings is 2. The lowest BCUT2D eigenvalue weighted by Gasteiger charge is -2.21. The second-order valence-corrected chi connectivity index (χ2v) is 9.32. The van der Waals surface area contributed by atoms with E-state index in [4.69, 9.17) is 0 Å². The van der Waals surface area contributed by atoms with Crippen LogP contribution in [0.15, 0.2) is 59.8 Å². The highest BCUT2D eigenvalue weighted by molar-refractivity contribution is 7.89. The van der Waals surface area contributed by atoms with Crippen LogP contribution in [0.5, 0.6) is 0 Å². The Morgan fingerprint density at radius 3 is 2.63 bits per heavy atom. The van der Waals surface area contributed by atoms with Crippen LogP contribution in [-0.2, 0) is 26.1 Å². The van der Waals surface area contributed by atoms with Crippen molar-refractivity contribution in [1.82, 2.24) is 14.4 Å². The Morgan fingerprint density at radius 1 is 1.14 bits per heavy atom. The molecule has 0 bridgehead atoms. The van der Waals surface area contributed by atoms with Gasteiger partial charge in [-0.25, -0.2) is 27.6 Å². The topological polar surface area (TPSA) is 105 Å². The summed E-state index contributed by atoms with van der Waals surface area (Å²) in [6, 6.07) is 11.3. The molecule has 9 nitrogen and oxygen atoms in total. The van der Waals surface area contributed by atoms with Crippen LogP contribution in [-0.4, -0.2) is 48.6 Å². The number of carbonyl (C=O) groups is 1. The van der Waals surface area contributed by atoms with Crippen LogP contribution in [0.1, 0.15) is 5.56 Å². The molecule has 35 heavy (non-hydrogen) atoms. The van der Waals surface area contributed by atoms with Gasteiger partial charge in [0, 0.05) is 31.0 Å². The molecule has 1 N–H and O–H groups in total. The van der Waals surface area contributed by atoms with E-state index in [1.54, 1.807) is 17.0 Å². The summed E-state index contributed by atoms with van der Waals surface area (Å²) in [7, 11) is -3.90. The van der Waals surface area contributed by atoms with Gasteiger partial charge in [0.05, 0.1) is 4.90 Å². The third-order valence-corrected chi connectivity index (χ3v) is 6.66. The summed E-state index contributed by atoms with van der Waals surface area (Å²) >= 11 is 0. The molecular weight excluding hydrogens is 494 g/mol. The van der Waals surface area contributed by atoms with E-state index in [-0.39, 0.29) is 9.36 Å². The largest absolute Gasteiger partial charge is 0.492 e. The van der Waals surface area contributed by atoms with Crippen molar-refractivity contribution in [3.63, 3.8) is 0 Å². The predicted octanol–water partition coefficient (Wildman–Crippen LogP) is 3.69. The lowest BCUT2D eigenvalue weighted by atomic mass is 10.2. The monoisotopic (exact) mass is 511 g/mol. The van der Waals surface area contributed by atoms with Crippen molar-refractivity contribution in [3.8, 4) is 0 Å². The van der Waals surface area contributed by atoms with Gasteiger partial charge in [0.15, 0.2) is 0 Å². The zero-order chi connectivity index (χ0) is 25.4. The number of nitrogens with zero attached hydrogens (tertiary/aromatic N) is 4. The van der Waals surface area contributed by atoms with E-state index in [1.165, 1.54) is 42.7 Å². The van der Waals surface area contributed by atoms with Crippen molar-refractivity contribution in [2.75, 3.05) is 23.8 Å². The molecule has 14 heteroatoms. The van der Waals surface area contributed by atoms with Gasteiger partial charge in [0.2, 0.25) is 0 Å². The number of sulfonamides is 1. The molecule has 0 fully saturated rings. The molecule has 0 unspecified atom stereocenters. The number of nitrogens with one attached hydrogen (secondary N) is 1. The highest BCUT2D eigenvalue weighted by Gasteiger charge is 2.44. The van der Waals surface area contributed by atoms with Gasteiger partial charge < -0.3 is 15.1 Å². The summed E-state index contributed by atoms with van der Waals surface area (Å²) in [5, 5.41) is 2.95. The van der Waals surface area contributed by atoms with E-state index in [1.807, 2.05) is 0 Å². The Bertz CT molecular complexity index is 1380. The zero-order valence-corrected chi connectivity index (χ0v) is 18.8. The van der Waals surface area contributed by atoms with Crippen molar-refractivity contribution < 1.29 is 35.6 Å². The SMILES string of the molecule is CN(OC(=O)C(F)(F)F)S(=O)(=O)c1ccc2c(c1)N(c1cc(Nc3cccc(F)c3)ncn1)CC2. The van der Waals surface area contributed by atoms with Crippen LogP contribution >= 0.6 is 0 Å². The molecule has 2 heterocycles. The van der Waals surface area contributed by atoms with Gasteiger partial charge in [-0.1, -0.05) is 12.1 Å². The van der Waals surface area contributed by atoms with Gasteiger partial charge in [-0.15, -0.1) is 0 Å². The fraction of sp³-hybridized carbons (Fsp3) is 0.190. The number of fused-ring (bicyclic) bond motifs is 1. The molecule has 1 aromatic heterocycles. The van der Waals surface area contributed by atoms with Gasteiger partial charge in [-0.3, -0.25) is 0 Å². The number of alkyl halides is 3. The fourth-order valence-corrected chi connectivity index (χ4v) is 4.36. The molecule has 0 spiro atoms. The number of aromatic nitrogens is 2. The second-order valence-electron chi connectivity index (χ2n) is 7.38. The van der Waals surface area contributed by atoms with Crippen LogP contribution in [0.3, 0.4) is 0 Å². The maximum atomic E-state index is 13.5. The molecule has 4 rings (SSSR count). The van der Waals surface area contributed by atoms with Crippen LogP contribution in [0.4, 0.5) is 40.6 Å². The van der Waals surface area contributed by atoms with Crippen molar-refractivity contribution in [1.29, 1.82) is 0 Å².